The summed E-state index contributed by atoms with van der Waals surface area (Å²) in [5, 5.41) is 5.56. The first kappa shape index (κ1) is 21.7. The van der Waals surface area contributed by atoms with Gasteiger partial charge in [0.25, 0.3) is 11.8 Å². The fourth-order valence-corrected chi connectivity index (χ4v) is 3.01. The zero-order valence-corrected chi connectivity index (χ0v) is 17.6. The minimum absolute atomic E-state index is 0.124. The summed E-state index contributed by atoms with van der Waals surface area (Å²) in [5.74, 6) is -1.32. The SMILES string of the molecule is CCOC(=O)c1ccc(C(=O)Nc2ccccc2C(=O)Nc2cccc(C)c2)nc1C. The minimum Gasteiger partial charge on any atom is -0.462 e. The molecule has 1 heterocycles. The van der Waals surface area contributed by atoms with Crippen molar-refractivity contribution < 1.29 is 19.1 Å². The molecule has 0 aliphatic heterocycles. The van der Waals surface area contributed by atoms with Crippen LogP contribution in [0.15, 0.2) is 60.7 Å². The van der Waals surface area contributed by atoms with Crippen molar-refractivity contribution in [2.45, 2.75) is 20.8 Å². The molecule has 2 amide bonds. The Balaban J connectivity index is 1.79. The maximum absolute atomic E-state index is 12.8. The molecule has 158 valence electrons. The van der Waals surface area contributed by atoms with E-state index in [1.165, 1.54) is 12.1 Å². The predicted octanol–water partition coefficient (Wildman–Crippen LogP) is 4.38. The fourth-order valence-electron chi connectivity index (χ4n) is 3.01. The number of nitrogens with one attached hydrogen (secondary N) is 2. The highest BCUT2D eigenvalue weighted by Gasteiger charge is 2.17. The highest BCUT2D eigenvalue weighted by molar-refractivity contribution is 6.12. The van der Waals surface area contributed by atoms with Crippen LogP contribution in [-0.2, 0) is 4.74 Å². The summed E-state index contributed by atoms with van der Waals surface area (Å²) < 4.78 is 4.98. The summed E-state index contributed by atoms with van der Waals surface area (Å²) in [6.07, 6.45) is 0. The number of anilines is 2. The molecule has 3 rings (SSSR count). The molecule has 0 unspecified atom stereocenters. The van der Waals surface area contributed by atoms with Crippen LogP contribution in [-0.4, -0.2) is 29.4 Å². The number of ether oxygens (including phenoxy) is 1. The summed E-state index contributed by atoms with van der Waals surface area (Å²) >= 11 is 0. The van der Waals surface area contributed by atoms with Gasteiger partial charge in [-0.3, -0.25) is 9.59 Å². The van der Waals surface area contributed by atoms with Crippen LogP contribution in [0.3, 0.4) is 0 Å². The molecule has 7 heteroatoms. The normalized spacial score (nSPS) is 10.3. The van der Waals surface area contributed by atoms with Gasteiger partial charge in [0.15, 0.2) is 0 Å². The summed E-state index contributed by atoms with van der Waals surface area (Å²) in [4.78, 5) is 41.6. The second kappa shape index (κ2) is 9.67. The number of esters is 1. The van der Waals surface area contributed by atoms with Crippen LogP contribution in [0.25, 0.3) is 0 Å². The van der Waals surface area contributed by atoms with Crippen LogP contribution >= 0.6 is 0 Å². The maximum atomic E-state index is 12.8. The van der Waals surface area contributed by atoms with Gasteiger partial charge in [0.1, 0.15) is 5.69 Å². The lowest BCUT2D eigenvalue weighted by Gasteiger charge is -2.12. The standard InChI is InChI=1S/C24H23N3O4/c1-4-31-24(30)18-12-13-21(25-16(18)3)23(29)27-20-11-6-5-10-19(20)22(28)26-17-9-7-8-15(2)14-17/h5-14H,4H2,1-3H3,(H,26,28)(H,27,29). The first-order valence-corrected chi connectivity index (χ1v) is 9.82. The lowest BCUT2D eigenvalue weighted by Crippen LogP contribution is -2.19. The third kappa shape index (κ3) is 5.33. The van der Waals surface area contributed by atoms with Gasteiger partial charge in [0.05, 0.1) is 29.1 Å². The van der Waals surface area contributed by atoms with Crippen molar-refractivity contribution >= 4 is 29.2 Å². The van der Waals surface area contributed by atoms with Crippen molar-refractivity contribution in [2.24, 2.45) is 0 Å². The van der Waals surface area contributed by atoms with Gasteiger partial charge in [-0.15, -0.1) is 0 Å². The van der Waals surface area contributed by atoms with Gasteiger partial charge in [0.2, 0.25) is 0 Å². The molecule has 0 bridgehead atoms. The number of hydrogen-bond donors (Lipinski definition) is 2. The Morgan fingerprint density at radius 3 is 2.35 bits per heavy atom. The number of benzene rings is 2. The molecule has 0 aliphatic rings. The van der Waals surface area contributed by atoms with Gasteiger partial charge >= 0.3 is 5.97 Å². The Labute approximate surface area is 180 Å². The first-order chi connectivity index (χ1) is 14.9. The number of aryl methyl sites for hydroxylation is 2. The van der Waals surface area contributed by atoms with Gasteiger partial charge in [0, 0.05) is 5.69 Å². The molecule has 2 N–H and O–H groups in total. The molecule has 0 fully saturated rings. The number of nitrogens with zero attached hydrogens (tertiary/aromatic N) is 1. The van der Waals surface area contributed by atoms with E-state index in [4.69, 9.17) is 4.74 Å². The molecule has 0 saturated heterocycles. The van der Waals surface area contributed by atoms with E-state index >= 15 is 0 Å². The lowest BCUT2D eigenvalue weighted by molar-refractivity contribution is 0.0524. The molecular formula is C24H23N3O4. The highest BCUT2D eigenvalue weighted by atomic mass is 16.5. The Hall–Kier alpha value is -4.00. The number of amides is 2. The summed E-state index contributed by atoms with van der Waals surface area (Å²) in [6, 6.07) is 17.1. The number of rotatable bonds is 6. The second-order valence-electron chi connectivity index (χ2n) is 6.87. The number of carbonyl (C=O) groups excluding carboxylic acids is 3. The van der Waals surface area contributed by atoms with E-state index in [-0.39, 0.29) is 18.2 Å². The van der Waals surface area contributed by atoms with Crippen molar-refractivity contribution in [3.05, 3.63) is 88.7 Å². The molecule has 7 nitrogen and oxygen atoms in total. The number of carbonyl (C=O) groups is 3. The summed E-state index contributed by atoms with van der Waals surface area (Å²) in [7, 11) is 0. The van der Waals surface area contributed by atoms with Crippen LogP contribution in [0.1, 0.15) is 49.4 Å². The second-order valence-corrected chi connectivity index (χ2v) is 6.87. The van der Waals surface area contributed by atoms with Crippen molar-refractivity contribution in [1.29, 1.82) is 0 Å². The Morgan fingerprint density at radius 1 is 0.871 bits per heavy atom. The van der Waals surface area contributed by atoms with Crippen molar-refractivity contribution in [3.8, 4) is 0 Å². The Kier molecular flexibility index (Phi) is 6.77. The van der Waals surface area contributed by atoms with E-state index in [9.17, 15) is 14.4 Å². The van der Waals surface area contributed by atoms with Crippen LogP contribution in [0.5, 0.6) is 0 Å². The van der Waals surface area contributed by atoms with Crippen LogP contribution in [0.2, 0.25) is 0 Å². The van der Waals surface area contributed by atoms with E-state index in [2.05, 4.69) is 15.6 Å². The number of aromatic nitrogens is 1. The van der Waals surface area contributed by atoms with Gasteiger partial charge in [-0.25, -0.2) is 9.78 Å². The van der Waals surface area contributed by atoms with Crippen molar-refractivity contribution in [2.75, 3.05) is 17.2 Å². The number of pyridine rings is 1. The van der Waals surface area contributed by atoms with Gasteiger partial charge in [-0.1, -0.05) is 24.3 Å². The molecule has 31 heavy (non-hydrogen) atoms. The van der Waals surface area contributed by atoms with E-state index in [0.717, 1.165) is 5.56 Å². The topological polar surface area (TPSA) is 97.4 Å². The Morgan fingerprint density at radius 2 is 1.65 bits per heavy atom. The van der Waals surface area contributed by atoms with Crippen molar-refractivity contribution in [1.82, 2.24) is 4.98 Å². The minimum atomic E-state index is -0.491. The third-order valence-electron chi connectivity index (χ3n) is 4.51. The smallest absolute Gasteiger partial charge is 0.339 e. The van der Waals surface area contributed by atoms with E-state index in [1.807, 2.05) is 25.1 Å². The number of hydrogen-bond acceptors (Lipinski definition) is 5. The third-order valence-corrected chi connectivity index (χ3v) is 4.51. The molecule has 0 saturated carbocycles. The molecule has 2 aromatic carbocycles. The van der Waals surface area contributed by atoms with Crippen LogP contribution < -0.4 is 10.6 Å². The van der Waals surface area contributed by atoms with Crippen LogP contribution in [0, 0.1) is 13.8 Å². The average molecular weight is 417 g/mol. The molecule has 0 spiro atoms. The molecule has 1 aromatic heterocycles. The molecule has 0 aliphatic carbocycles. The summed E-state index contributed by atoms with van der Waals surface area (Å²) in [6.45, 7) is 5.54. The van der Waals surface area contributed by atoms with E-state index in [0.29, 0.717) is 28.2 Å². The maximum Gasteiger partial charge on any atom is 0.339 e. The van der Waals surface area contributed by atoms with E-state index < -0.39 is 11.9 Å². The Bertz CT molecular complexity index is 1140. The lowest BCUT2D eigenvalue weighted by atomic mass is 10.1. The quantitative estimate of drug-likeness (QED) is 0.580. The predicted molar refractivity (Wildman–Crippen MR) is 118 cm³/mol. The van der Waals surface area contributed by atoms with E-state index in [1.54, 1.807) is 44.2 Å². The van der Waals surface area contributed by atoms with Gasteiger partial charge in [-0.2, -0.15) is 0 Å². The number of para-hydroxylation sites is 1. The molecule has 0 atom stereocenters. The summed E-state index contributed by atoms with van der Waals surface area (Å²) in [5.41, 5.74) is 3.17. The van der Waals surface area contributed by atoms with Gasteiger partial charge < -0.3 is 15.4 Å². The molecule has 3 aromatic rings. The van der Waals surface area contributed by atoms with Crippen LogP contribution in [0.4, 0.5) is 11.4 Å². The van der Waals surface area contributed by atoms with Gasteiger partial charge in [-0.05, 0) is 62.7 Å². The van der Waals surface area contributed by atoms with Crippen molar-refractivity contribution in [3.63, 3.8) is 0 Å². The zero-order chi connectivity index (χ0) is 22.4. The fraction of sp³-hybridized carbons (Fsp3) is 0.167. The zero-order valence-electron chi connectivity index (χ0n) is 17.6. The highest BCUT2D eigenvalue weighted by Crippen LogP contribution is 2.19. The molecule has 0 radical (unpaired) electrons. The first-order valence-electron chi connectivity index (χ1n) is 9.82. The largest absolute Gasteiger partial charge is 0.462 e. The molecular weight excluding hydrogens is 394 g/mol. The monoisotopic (exact) mass is 417 g/mol. The average Bonchev–Trinajstić information content (AvgIpc) is 2.74.